The molecule has 0 aromatic carbocycles. The summed E-state index contributed by atoms with van der Waals surface area (Å²) in [5.41, 5.74) is 0.156. The predicted molar refractivity (Wildman–Crippen MR) is 46.6 cm³/mol. The number of ether oxygens (including phenoxy) is 1. The van der Waals surface area contributed by atoms with Gasteiger partial charge in [-0.1, -0.05) is 6.92 Å². The van der Waals surface area contributed by atoms with Crippen LogP contribution in [0.2, 0.25) is 0 Å². The number of aliphatic hydroxyl groups is 1. The van der Waals surface area contributed by atoms with Crippen molar-refractivity contribution in [3.8, 4) is 0 Å². The lowest BCUT2D eigenvalue weighted by Crippen LogP contribution is -2.33. The molecule has 2 aliphatic rings. The molecule has 1 aliphatic heterocycles. The second-order valence-electron chi connectivity index (χ2n) is 4.31. The molecule has 1 aliphatic carbocycles. The van der Waals surface area contributed by atoms with Crippen LogP contribution < -0.4 is 0 Å². The Kier molecular flexibility index (Phi) is 1.69. The van der Waals surface area contributed by atoms with Crippen molar-refractivity contribution >= 4 is 0 Å². The highest BCUT2D eigenvalue weighted by atomic mass is 16.5. The summed E-state index contributed by atoms with van der Waals surface area (Å²) in [5, 5.41) is 9.91. The zero-order valence-electron chi connectivity index (χ0n) is 7.71. The molecular formula is C10H16O2. The molecule has 0 aromatic rings. The van der Waals surface area contributed by atoms with Gasteiger partial charge in [-0.15, -0.1) is 0 Å². The highest BCUT2D eigenvalue weighted by molar-refractivity contribution is 5.06. The van der Waals surface area contributed by atoms with Gasteiger partial charge in [0.15, 0.2) is 0 Å². The van der Waals surface area contributed by atoms with Gasteiger partial charge in [0.2, 0.25) is 0 Å². The number of rotatable bonds is 2. The highest BCUT2D eigenvalue weighted by Gasteiger charge is 2.48. The summed E-state index contributed by atoms with van der Waals surface area (Å²) in [5.74, 6) is 0.961. The maximum Gasteiger partial charge on any atom is 0.128 e. The van der Waals surface area contributed by atoms with E-state index in [0.717, 1.165) is 25.0 Å². The van der Waals surface area contributed by atoms with Crippen LogP contribution in [0.5, 0.6) is 0 Å². The molecule has 0 radical (unpaired) electrons. The van der Waals surface area contributed by atoms with E-state index in [1.807, 2.05) is 6.92 Å². The summed E-state index contributed by atoms with van der Waals surface area (Å²) in [6.07, 6.45) is 4.98. The molecule has 1 N–H and O–H groups in total. The summed E-state index contributed by atoms with van der Waals surface area (Å²) in [6, 6.07) is 0. The van der Waals surface area contributed by atoms with Crippen LogP contribution in [0.25, 0.3) is 0 Å². The number of hydrogen-bond donors (Lipinski definition) is 1. The summed E-state index contributed by atoms with van der Waals surface area (Å²) < 4.78 is 5.50. The molecule has 0 saturated heterocycles. The van der Waals surface area contributed by atoms with Crippen LogP contribution >= 0.6 is 0 Å². The molecule has 0 amide bonds. The molecule has 1 fully saturated rings. The monoisotopic (exact) mass is 168 g/mol. The van der Waals surface area contributed by atoms with Gasteiger partial charge >= 0.3 is 0 Å². The van der Waals surface area contributed by atoms with Crippen LogP contribution in [-0.4, -0.2) is 17.3 Å². The Labute approximate surface area is 73.2 Å². The van der Waals surface area contributed by atoms with Crippen molar-refractivity contribution in [2.45, 2.75) is 45.3 Å². The molecular weight excluding hydrogens is 152 g/mol. The van der Waals surface area contributed by atoms with Crippen molar-refractivity contribution in [3.63, 3.8) is 0 Å². The molecule has 2 atom stereocenters. The maximum atomic E-state index is 9.91. The smallest absolute Gasteiger partial charge is 0.128 e. The number of aliphatic hydroxyl groups excluding tert-OH is 1. The second kappa shape index (κ2) is 2.49. The lowest BCUT2D eigenvalue weighted by atomic mass is 9.96. The van der Waals surface area contributed by atoms with Gasteiger partial charge in [-0.2, -0.15) is 0 Å². The number of allylic oxidation sites excluding steroid dienone is 1. The summed E-state index contributed by atoms with van der Waals surface area (Å²) in [6.45, 7) is 4.08. The van der Waals surface area contributed by atoms with Crippen LogP contribution in [0, 0.1) is 5.41 Å². The molecule has 0 bridgehead atoms. The van der Waals surface area contributed by atoms with Crippen LogP contribution in [0.4, 0.5) is 0 Å². The minimum absolute atomic E-state index is 0.0255. The Bertz CT molecular complexity index is 216. The zero-order chi connectivity index (χ0) is 8.77. The Hall–Kier alpha value is -0.500. The second-order valence-corrected chi connectivity index (χ2v) is 4.31. The first-order chi connectivity index (χ1) is 5.62. The van der Waals surface area contributed by atoms with Gasteiger partial charge in [0.1, 0.15) is 6.10 Å². The average molecular weight is 168 g/mol. The van der Waals surface area contributed by atoms with E-state index in [9.17, 15) is 5.11 Å². The summed E-state index contributed by atoms with van der Waals surface area (Å²) >= 11 is 0. The molecule has 2 heteroatoms. The Morgan fingerprint density at radius 2 is 2.33 bits per heavy atom. The quantitative estimate of drug-likeness (QED) is 0.681. The first-order valence-electron chi connectivity index (χ1n) is 4.63. The standard InChI is InChI=1S/C10H16O2/c1-7-3-4-8(12-7)9(11)10(2)5-6-10/h3,8-9,11H,4-6H2,1-2H3. The van der Waals surface area contributed by atoms with Crippen molar-refractivity contribution in [2.75, 3.05) is 0 Å². The summed E-state index contributed by atoms with van der Waals surface area (Å²) in [4.78, 5) is 0. The Morgan fingerprint density at radius 1 is 1.67 bits per heavy atom. The van der Waals surface area contributed by atoms with Crippen molar-refractivity contribution < 1.29 is 9.84 Å². The lowest BCUT2D eigenvalue weighted by Gasteiger charge is -2.24. The predicted octanol–water partition coefficient (Wildman–Crippen LogP) is 1.84. The first-order valence-corrected chi connectivity index (χ1v) is 4.63. The minimum Gasteiger partial charge on any atom is -0.492 e. The van der Waals surface area contributed by atoms with Crippen LogP contribution in [0.15, 0.2) is 11.8 Å². The highest BCUT2D eigenvalue weighted by Crippen LogP contribution is 2.50. The zero-order valence-corrected chi connectivity index (χ0v) is 7.71. The van der Waals surface area contributed by atoms with Crippen molar-refractivity contribution in [1.82, 2.24) is 0 Å². The molecule has 12 heavy (non-hydrogen) atoms. The lowest BCUT2D eigenvalue weighted by molar-refractivity contribution is -0.0252. The SMILES string of the molecule is CC1=CCC(C(O)C2(C)CC2)O1. The molecule has 0 spiro atoms. The molecule has 2 nitrogen and oxygen atoms in total. The van der Waals surface area contributed by atoms with Gasteiger partial charge in [-0.3, -0.25) is 0 Å². The topological polar surface area (TPSA) is 29.5 Å². The molecule has 2 unspecified atom stereocenters. The van der Waals surface area contributed by atoms with Crippen molar-refractivity contribution in [3.05, 3.63) is 11.8 Å². The van der Waals surface area contributed by atoms with E-state index < -0.39 is 0 Å². The normalized spacial score (nSPS) is 33.9. The van der Waals surface area contributed by atoms with Gasteiger partial charge in [0.25, 0.3) is 0 Å². The maximum absolute atomic E-state index is 9.91. The van der Waals surface area contributed by atoms with E-state index in [1.54, 1.807) is 0 Å². The molecule has 68 valence electrons. The van der Waals surface area contributed by atoms with E-state index in [2.05, 4.69) is 13.0 Å². The third-order valence-corrected chi connectivity index (χ3v) is 3.08. The van der Waals surface area contributed by atoms with E-state index >= 15 is 0 Å². The molecule has 1 saturated carbocycles. The van der Waals surface area contributed by atoms with Gasteiger partial charge in [-0.25, -0.2) is 0 Å². The molecule has 2 rings (SSSR count). The fourth-order valence-electron chi connectivity index (χ4n) is 1.75. The van der Waals surface area contributed by atoms with E-state index in [1.165, 1.54) is 0 Å². The van der Waals surface area contributed by atoms with Crippen LogP contribution in [0.3, 0.4) is 0 Å². The Balaban J connectivity index is 1.94. The van der Waals surface area contributed by atoms with Crippen molar-refractivity contribution in [1.29, 1.82) is 0 Å². The van der Waals surface area contributed by atoms with Crippen molar-refractivity contribution in [2.24, 2.45) is 5.41 Å². The van der Waals surface area contributed by atoms with E-state index in [-0.39, 0.29) is 17.6 Å². The molecule has 1 heterocycles. The van der Waals surface area contributed by atoms with Crippen LogP contribution in [0.1, 0.15) is 33.1 Å². The summed E-state index contributed by atoms with van der Waals surface area (Å²) in [7, 11) is 0. The van der Waals surface area contributed by atoms with Gasteiger partial charge in [0.05, 0.1) is 11.9 Å². The molecule has 0 aromatic heterocycles. The van der Waals surface area contributed by atoms with Gasteiger partial charge in [0, 0.05) is 6.42 Å². The largest absolute Gasteiger partial charge is 0.492 e. The van der Waals surface area contributed by atoms with E-state index in [0.29, 0.717) is 0 Å². The third kappa shape index (κ3) is 1.24. The number of hydrogen-bond acceptors (Lipinski definition) is 2. The van der Waals surface area contributed by atoms with Gasteiger partial charge < -0.3 is 9.84 Å². The van der Waals surface area contributed by atoms with Crippen LogP contribution in [-0.2, 0) is 4.74 Å². The van der Waals surface area contributed by atoms with E-state index in [4.69, 9.17) is 4.74 Å². The Morgan fingerprint density at radius 3 is 2.75 bits per heavy atom. The average Bonchev–Trinajstić information content (AvgIpc) is 2.62. The van der Waals surface area contributed by atoms with Gasteiger partial charge in [-0.05, 0) is 31.3 Å². The minimum atomic E-state index is -0.272. The first kappa shape index (κ1) is 8.11. The fraction of sp³-hybridized carbons (Fsp3) is 0.800. The fourth-order valence-corrected chi connectivity index (χ4v) is 1.75. The third-order valence-electron chi connectivity index (χ3n) is 3.08.